The monoisotopic (exact) mass is 439 g/mol. The Hall–Kier alpha value is -2.28. The van der Waals surface area contributed by atoms with Gasteiger partial charge in [0.2, 0.25) is 0 Å². The van der Waals surface area contributed by atoms with Gasteiger partial charge in [-0.15, -0.1) is 11.3 Å². The number of likely N-dealkylation sites (tertiary alicyclic amines) is 1. The topological polar surface area (TPSA) is 53.5 Å². The first-order chi connectivity index (χ1) is 14.6. The highest BCUT2D eigenvalue weighted by molar-refractivity contribution is 7.18. The minimum atomic E-state index is -0.162. The number of carbonyl (C=O) groups is 2. The number of piperidine rings is 1. The van der Waals surface area contributed by atoms with Gasteiger partial charge in [0.05, 0.1) is 26.4 Å². The number of halogens is 1. The third-order valence-electron chi connectivity index (χ3n) is 6.04. The number of hydrogen-bond acceptors (Lipinski definition) is 5. The molecular weight excluding hydrogens is 418 g/mol. The summed E-state index contributed by atoms with van der Waals surface area (Å²) in [6.45, 7) is 3.41. The van der Waals surface area contributed by atoms with Crippen LogP contribution in [0.3, 0.4) is 0 Å². The van der Waals surface area contributed by atoms with Gasteiger partial charge in [0.25, 0.3) is 11.8 Å². The van der Waals surface area contributed by atoms with Crippen LogP contribution < -0.4 is 0 Å². The molecule has 1 fully saturated rings. The van der Waals surface area contributed by atoms with Gasteiger partial charge in [-0.05, 0) is 69.2 Å². The smallest absolute Gasteiger partial charge is 0.261 e. The van der Waals surface area contributed by atoms with Crippen molar-refractivity contribution in [3.8, 4) is 0 Å². The molecule has 0 N–H and O–H groups in total. The molecule has 0 atom stereocenters. The van der Waals surface area contributed by atoms with Crippen LogP contribution >= 0.6 is 22.9 Å². The van der Waals surface area contributed by atoms with Crippen molar-refractivity contribution in [2.24, 2.45) is 0 Å². The number of benzene rings is 2. The second-order valence-corrected chi connectivity index (χ2v) is 9.44. The molecule has 1 saturated heterocycles. The Morgan fingerprint density at radius 1 is 1.00 bits per heavy atom. The van der Waals surface area contributed by atoms with Gasteiger partial charge in [-0.25, -0.2) is 4.98 Å². The molecule has 0 bridgehead atoms. The lowest BCUT2D eigenvalue weighted by atomic mass is 9.97. The van der Waals surface area contributed by atoms with Crippen molar-refractivity contribution in [1.82, 2.24) is 14.8 Å². The highest BCUT2D eigenvalue weighted by Crippen LogP contribution is 2.34. The van der Waals surface area contributed by atoms with Crippen LogP contribution in [0.25, 0.3) is 10.2 Å². The Morgan fingerprint density at radius 3 is 2.40 bits per heavy atom. The van der Waals surface area contributed by atoms with Gasteiger partial charge in [0.15, 0.2) is 0 Å². The van der Waals surface area contributed by atoms with E-state index < -0.39 is 0 Å². The van der Waals surface area contributed by atoms with Crippen molar-refractivity contribution in [1.29, 1.82) is 0 Å². The Balaban J connectivity index is 1.13. The average molecular weight is 440 g/mol. The molecule has 2 aromatic carbocycles. The highest BCUT2D eigenvalue weighted by Gasteiger charge is 2.34. The van der Waals surface area contributed by atoms with E-state index in [0.29, 0.717) is 23.6 Å². The van der Waals surface area contributed by atoms with Crippen LogP contribution in [-0.2, 0) is 0 Å². The summed E-state index contributed by atoms with van der Waals surface area (Å²) in [5, 5.41) is 1.94. The molecule has 5 rings (SSSR count). The minimum Gasteiger partial charge on any atom is -0.303 e. The van der Waals surface area contributed by atoms with Gasteiger partial charge in [-0.1, -0.05) is 23.7 Å². The first-order valence-corrected chi connectivity index (χ1v) is 11.5. The van der Waals surface area contributed by atoms with E-state index in [0.717, 1.165) is 49.4 Å². The summed E-state index contributed by atoms with van der Waals surface area (Å²) in [6.07, 6.45) is 2.97. The zero-order valence-electron chi connectivity index (χ0n) is 16.5. The van der Waals surface area contributed by atoms with Crippen molar-refractivity contribution in [3.05, 3.63) is 63.6 Å². The van der Waals surface area contributed by atoms with Gasteiger partial charge in [0, 0.05) is 17.5 Å². The van der Waals surface area contributed by atoms with Gasteiger partial charge < -0.3 is 4.90 Å². The normalized spacial score (nSPS) is 17.8. The molecule has 1 aromatic heterocycles. The molecule has 30 heavy (non-hydrogen) atoms. The molecule has 0 saturated carbocycles. The van der Waals surface area contributed by atoms with E-state index in [4.69, 9.17) is 16.6 Å². The third kappa shape index (κ3) is 3.64. The van der Waals surface area contributed by atoms with Gasteiger partial charge in [-0.2, -0.15) is 0 Å². The summed E-state index contributed by atoms with van der Waals surface area (Å²) in [4.78, 5) is 33.6. The van der Waals surface area contributed by atoms with Crippen LogP contribution in [-0.4, -0.2) is 52.8 Å². The summed E-state index contributed by atoms with van der Waals surface area (Å²) in [5.41, 5.74) is 2.05. The van der Waals surface area contributed by atoms with Crippen molar-refractivity contribution in [2.75, 3.05) is 26.2 Å². The molecule has 7 heteroatoms. The third-order valence-corrected chi connectivity index (χ3v) is 7.47. The molecule has 5 nitrogen and oxygen atoms in total. The number of fused-ring (bicyclic) bond motifs is 2. The molecule has 3 heterocycles. The summed E-state index contributed by atoms with van der Waals surface area (Å²) >= 11 is 7.86. The summed E-state index contributed by atoms with van der Waals surface area (Å²) in [7, 11) is 0. The van der Waals surface area contributed by atoms with Crippen LogP contribution in [0.1, 0.15) is 50.9 Å². The van der Waals surface area contributed by atoms with Gasteiger partial charge >= 0.3 is 0 Å². The zero-order valence-corrected chi connectivity index (χ0v) is 18.1. The molecule has 2 aliphatic heterocycles. The van der Waals surface area contributed by atoms with Crippen LogP contribution in [0.2, 0.25) is 5.02 Å². The maximum atomic E-state index is 12.5. The van der Waals surface area contributed by atoms with E-state index in [9.17, 15) is 9.59 Å². The summed E-state index contributed by atoms with van der Waals surface area (Å²) < 4.78 is 1.19. The fraction of sp³-hybridized carbons (Fsp3) is 0.348. The average Bonchev–Trinajstić information content (AvgIpc) is 3.29. The maximum absolute atomic E-state index is 12.5. The molecule has 2 aliphatic rings. The number of rotatable bonds is 5. The van der Waals surface area contributed by atoms with E-state index in [1.807, 2.05) is 18.2 Å². The number of amides is 2. The molecule has 0 aliphatic carbocycles. The first-order valence-electron chi connectivity index (χ1n) is 10.3. The number of aromatic nitrogens is 1. The van der Waals surface area contributed by atoms with Crippen LogP contribution in [0, 0.1) is 0 Å². The number of carbonyl (C=O) groups excluding carboxylic acids is 2. The van der Waals surface area contributed by atoms with E-state index >= 15 is 0 Å². The van der Waals surface area contributed by atoms with E-state index in [-0.39, 0.29) is 11.8 Å². The lowest BCUT2D eigenvalue weighted by Crippen LogP contribution is -2.37. The molecule has 154 valence electrons. The lowest BCUT2D eigenvalue weighted by molar-refractivity contribution is 0.0645. The SMILES string of the molecule is O=C1c2ccccc2C(=O)N1CCCN1CCC(c2nc3cc(Cl)ccc3s2)CC1. The van der Waals surface area contributed by atoms with E-state index in [2.05, 4.69) is 4.90 Å². The predicted molar refractivity (Wildman–Crippen MR) is 119 cm³/mol. The largest absolute Gasteiger partial charge is 0.303 e. The second-order valence-electron chi connectivity index (χ2n) is 7.94. The van der Waals surface area contributed by atoms with E-state index in [1.165, 1.54) is 14.6 Å². The van der Waals surface area contributed by atoms with Crippen LogP contribution in [0.4, 0.5) is 0 Å². The Labute approximate surface area is 184 Å². The number of nitrogens with zero attached hydrogens (tertiary/aromatic N) is 3. The lowest BCUT2D eigenvalue weighted by Gasteiger charge is -2.31. The fourth-order valence-electron chi connectivity index (χ4n) is 4.39. The Morgan fingerprint density at radius 2 is 1.70 bits per heavy atom. The number of hydrogen-bond donors (Lipinski definition) is 0. The molecule has 0 radical (unpaired) electrons. The number of imide groups is 1. The van der Waals surface area contributed by atoms with Crippen molar-refractivity contribution >= 4 is 45.0 Å². The summed E-state index contributed by atoms with van der Waals surface area (Å²) in [6, 6.07) is 13.0. The molecule has 3 aromatic rings. The number of thiazole rings is 1. The minimum absolute atomic E-state index is 0.162. The molecule has 0 spiro atoms. The predicted octanol–water partition coefficient (Wildman–Crippen LogP) is 4.82. The molecule has 0 unspecified atom stereocenters. The van der Waals surface area contributed by atoms with Gasteiger partial charge in [-0.3, -0.25) is 14.5 Å². The second kappa shape index (κ2) is 8.10. The van der Waals surface area contributed by atoms with Crippen LogP contribution in [0.5, 0.6) is 0 Å². The highest BCUT2D eigenvalue weighted by atomic mass is 35.5. The van der Waals surface area contributed by atoms with Crippen molar-refractivity contribution < 1.29 is 9.59 Å². The maximum Gasteiger partial charge on any atom is 0.261 e. The van der Waals surface area contributed by atoms with Crippen molar-refractivity contribution in [3.63, 3.8) is 0 Å². The molecule has 2 amide bonds. The van der Waals surface area contributed by atoms with Crippen molar-refractivity contribution in [2.45, 2.75) is 25.2 Å². The Kier molecular flexibility index (Phi) is 5.31. The standard InChI is InChI=1S/C23H22ClN3O2S/c24-16-6-7-20-19(14-16)25-21(30-20)15-8-12-26(13-9-15)10-3-11-27-22(28)17-4-1-2-5-18(17)23(27)29/h1-2,4-7,14-15H,3,8-13H2. The zero-order chi connectivity index (χ0) is 20.7. The van der Waals surface area contributed by atoms with E-state index in [1.54, 1.807) is 35.6 Å². The van der Waals surface area contributed by atoms with Gasteiger partial charge in [0.1, 0.15) is 0 Å². The Bertz CT molecular complexity index is 1090. The molecular formula is C23H22ClN3O2S. The van der Waals surface area contributed by atoms with Crippen LogP contribution in [0.15, 0.2) is 42.5 Å². The quantitative estimate of drug-likeness (QED) is 0.535. The summed E-state index contributed by atoms with van der Waals surface area (Å²) in [5.74, 6) is 0.171. The first kappa shape index (κ1) is 19.7. The fourth-order valence-corrected chi connectivity index (χ4v) is 5.67.